The molecule has 0 unspecified atom stereocenters. The van der Waals surface area contributed by atoms with Gasteiger partial charge in [0.05, 0.1) is 0 Å². The van der Waals surface area contributed by atoms with Gasteiger partial charge in [0.1, 0.15) is 0 Å². The first kappa shape index (κ1) is 43.5. The summed E-state index contributed by atoms with van der Waals surface area (Å²) in [5, 5.41) is 23.7. The molecule has 4 rings (SSSR count). The molecule has 9 heteroatoms. The quantitative estimate of drug-likeness (QED) is 0.120. The van der Waals surface area contributed by atoms with Crippen LogP contribution in [0.15, 0.2) is 18.2 Å². The first-order valence-electron chi connectivity index (χ1n) is 20.6. The van der Waals surface area contributed by atoms with E-state index < -0.39 is 0 Å². The van der Waals surface area contributed by atoms with Crippen LogP contribution >= 0.6 is 36.7 Å². The average molecular weight is 787 g/mol. The minimum Gasteiger partial charge on any atom is -0.359 e. The smallest absolute Gasteiger partial charge is 0.166 e. The van der Waals surface area contributed by atoms with E-state index in [4.69, 9.17) is 36.7 Å². The third-order valence-electron chi connectivity index (χ3n) is 11.5. The van der Waals surface area contributed by atoms with Gasteiger partial charge in [-0.1, -0.05) is 80.5 Å². The molecule has 0 aliphatic carbocycles. The standard InChI is InChI=1S/C45H66N6S3/c1-10-28-19-29(11-2)38-23-47-44(53)49-25-40-32(14-5)21-33(15-6)42(36(40)18-9)27-51-45(54)50-26-41-31(13-4)20-30(12-3)39(35(41)17-8)24-48-43(52)46-22-37(28)34(38)16-7/h19-21H,10-18,22-27H2,1-9H3,(H2,46,48,52)(H2,47,49,53)(H2,50,51,54). The summed E-state index contributed by atoms with van der Waals surface area (Å²) in [4.78, 5) is 0. The predicted molar refractivity (Wildman–Crippen MR) is 243 cm³/mol. The Morgan fingerprint density at radius 1 is 0.315 bits per heavy atom. The fourth-order valence-corrected chi connectivity index (χ4v) is 8.99. The maximum atomic E-state index is 5.96. The van der Waals surface area contributed by atoms with Crippen molar-refractivity contribution in [2.45, 2.75) is 159 Å². The molecule has 0 saturated carbocycles. The van der Waals surface area contributed by atoms with E-state index in [-0.39, 0.29) is 0 Å². The van der Waals surface area contributed by atoms with Crippen LogP contribution in [0.1, 0.15) is 146 Å². The molecule has 1 aliphatic heterocycles. The predicted octanol–water partition coefficient (Wildman–Crippen LogP) is 8.55. The number of benzene rings is 3. The highest BCUT2D eigenvalue weighted by Crippen LogP contribution is 2.29. The lowest BCUT2D eigenvalue weighted by molar-refractivity contribution is 0.765. The first-order valence-corrected chi connectivity index (χ1v) is 21.9. The van der Waals surface area contributed by atoms with Gasteiger partial charge >= 0.3 is 0 Å². The van der Waals surface area contributed by atoms with Crippen molar-refractivity contribution in [3.63, 3.8) is 0 Å². The summed E-state index contributed by atoms with van der Waals surface area (Å²) in [7, 11) is 0. The third-order valence-corrected chi connectivity index (χ3v) is 12.3. The Hall–Kier alpha value is -3.27. The monoisotopic (exact) mass is 786 g/mol. The van der Waals surface area contributed by atoms with Gasteiger partial charge in [-0.25, -0.2) is 0 Å². The van der Waals surface area contributed by atoms with Crippen molar-refractivity contribution in [2.24, 2.45) is 0 Å². The van der Waals surface area contributed by atoms with Gasteiger partial charge < -0.3 is 31.9 Å². The fraction of sp³-hybridized carbons (Fsp3) is 0.533. The number of hydrogen-bond acceptors (Lipinski definition) is 3. The Morgan fingerprint density at radius 2 is 0.481 bits per heavy atom. The molecule has 1 aliphatic rings. The molecule has 294 valence electrons. The molecule has 0 aromatic heterocycles. The normalized spacial score (nSPS) is 14.5. The molecule has 0 radical (unpaired) electrons. The second-order valence-electron chi connectivity index (χ2n) is 14.2. The van der Waals surface area contributed by atoms with Crippen molar-refractivity contribution in [3.8, 4) is 0 Å². The van der Waals surface area contributed by atoms with Gasteiger partial charge in [-0.15, -0.1) is 0 Å². The largest absolute Gasteiger partial charge is 0.359 e. The maximum Gasteiger partial charge on any atom is 0.166 e. The number of rotatable bonds is 9. The maximum absolute atomic E-state index is 5.96. The van der Waals surface area contributed by atoms with Crippen LogP contribution in [0, 0.1) is 0 Å². The molecule has 3 aromatic carbocycles. The molecule has 0 amide bonds. The third kappa shape index (κ3) is 10.1. The lowest BCUT2D eigenvalue weighted by Gasteiger charge is -2.25. The van der Waals surface area contributed by atoms with Crippen LogP contribution in [0.25, 0.3) is 0 Å². The van der Waals surface area contributed by atoms with Crippen molar-refractivity contribution in [1.29, 1.82) is 0 Å². The van der Waals surface area contributed by atoms with Crippen LogP contribution in [0.3, 0.4) is 0 Å². The molecule has 1 heterocycles. The summed E-state index contributed by atoms with van der Waals surface area (Å²) in [6, 6.07) is 7.23. The van der Waals surface area contributed by atoms with E-state index in [1.807, 2.05) is 0 Å². The number of thiocarbonyl (C=S) groups is 3. The molecule has 0 fully saturated rings. The number of nitrogens with one attached hydrogen (secondary N) is 6. The molecule has 6 N–H and O–H groups in total. The van der Waals surface area contributed by atoms with Gasteiger partial charge in [0.25, 0.3) is 0 Å². The Morgan fingerprint density at radius 3 is 0.611 bits per heavy atom. The zero-order valence-corrected chi connectivity index (χ0v) is 37.0. The van der Waals surface area contributed by atoms with E-state index in [0.29, 0.717) is 54.6 Å². The van der Waals surface area contributed by atoms with E-state index in [1.165, 1.54) is 83.5 Å². The van der Waals surface area contributed by atoms with Gasteiger partial charge in [0.15, 0.2) is 15.3 Å². The zero-order chi connectivity index (χ0) is 39.4. The Bertz CT molecular complexity index is 1500. The summed E-state index contributed by atoms with van der Waals surface area (Å²) >= 11 is 17.9. The minimum absolute atomic E-state index is 0.680. The van der Waals surface area contributed by atoms with Crippen molar-refractivity contribution in [1.82, 2.24) is 31.9 Å². The summed E-state index contributed by atoms with van der Waals surface area (Å²) in [5.74, 6) is 0. The summed E-state index contributed by atoms with van der Waals surface area (Å²) in [5.41, 5.74) is 20.6. The Labute approximate surface area is 343 Å². The van der Waals surface area contributed by atoms with Gasteiger partial charge in [0.2, 0.25) is 0 Å². The number of hydrogen-bond donors (Lipinski definition) is 6. The highest BCUT2D eigenvalue weighted by molar-refractivity contribution is 7.80. The lowest BCUT2D eigenvalue weighted by atomic mass is 9.87. The van der Waals surface area contributed by atoms with Crippen molar-refractivity contribution < 1.29 is 0 Å². The van der Waals surface area contributed by atoms with Crippen LogP contribution in [0.5, 0.6) is 0 Å². The van der Waals surface area contributed by atoms with E-state index in [0.717, 1.165) is 57.8 Å². The number of aryl methyl sites for hydroxylation is 6. The van der Waals surface area contributed by atoms with Crippen molar-refractivity contribution >= 4 is 52.0 Å². The lowest BCUT2D eigenvalue weighted by Crippen LogP contribution is -2.37. The highest BCUT2D eigenvalue weighted by atomic mass is 32.1. The second kappa shape index (κ2) is 21.1. The van der Waals surface area contributed by atoms with Crippen molar-refractivity contribution in [2.75, 3.05) is 0 Å². The highest BCUT2D eigenvalue weighted by Gasteiger charge is 2.20. The van der Waals surface area contributed by atoms with E-state index in [1.54, 1.807) is 0 Å². The molecule has 6 nitrogen and oxygen atoms in total. The second-order valence-corrected chi connectivity index (χ2v) is 15.4. The van der Waals surface area contributed by atoms with Gasteiger partial charge in [-0.2, -0.15) is 0 Å². The molecular weight excluding hydrogens is 721 g/mol. The number of fused-ring (bicyclic) bond motifs is 6. The molecule has 0 atom stereocenters. The van der Waals surface area contributed by atoms with E-state index in [2.05, 4.69) is 112 Å². The molecule has 0 spiro atoms. The first-order chi connectivity index (χ1) is 26.1. The van der Waals surface area contributed by atoms with Crippen LogP contribution in [-0.2, 0) is 97.1 Å². The molecule has 3 aromatic rings. The summed E-state index contributed by atoms with van der Waals surface area (Å²) in [6.45, 7) is 24.4. The van der Waals surface area contributed by atoms with Crippen LogP contribution < -0.4 is 31.9 Å². The Kier molecular flexibility index (Phi) is 17.0. The molecule has 6 bridgehead atoms. The van der Waals surface area contributed by atoms with Gasteiger partial charge in [0, 0.05) is 39.3 Å². The Balaban J connectivity index is 1.81. The average Bonchev–Trinajstić information content (AvgIpc) is 3.19. The topological polar surface area (TPSA) is 72.2 Å². The molecular formula is C45H66N6S3. The van der Waals surface area contributed by atoms with Crippen LogP contribution in [-0.4, -0.2) is 15.3 Å². The molecule has 0 saturated heterocycles. The van der Waals surface area contributed by atoms with E-state index in [9.17, 15) is 0 Å². The fourth-order valence-electron chi connectivity index (χ4n) is 8.56. The van der Waals surface area contributed by atoms with Crippen LogP contribution in [0.4, 0.5) is 0 Å². The zero-order valence-electron chi connectivity index (χ0n) is 34.6. The SMILES string of the molecule is CCc1cc(CC)c2c(CC)c1CNC(=S)NCc1c(CC)cc(CC)c(c1CC)CNC(=S)NCc1c(CC)cc(CC)c(c1CC)CNC(=S)NC2. The van der Waals surface area contributed by atoms with Gasteiger partial charge in [-0.3, -0.25) is 0 Å². The minimum atomic E-state index is 0.680. The van der Waals surface area contributed by atoms with Gasteiger partial charge in [-0.05, 0) is 178 Å². The molecule has 54 heavy (non-hydrogen) atoms. The van der Waals surface area contributed by atoms with E-state index >= 15 is 0 Å². The van der Waals surface area contributed by atoms with Crippen molar-refractivity contribution in [3.05, 3.63) is 102 Å². The summed E-state index contributed by atoms with van der Waals surface area (Å²) < 4.78 is 0. The van der Waals surface area contributed by atoms with Crippen LogP contribution in [0.2, 0.25) is 0 Å². The summed E-state index contributed by atoms with van der Waals surface area (Å²) in [6.07, 6.45) is 8.68.